The number of hydrogen-bond donors (Lipinski definition) is 4. The molecule has 6 nitrogen and oxygen atoms in total. The number of carbonyl (C=O) groups is 2. The number of carbonyl (C=O) groups excluding carboxylic acids is 2. The predicted octanol–water partition coefficient (Wildman–Crippen LogP) is 3.86. The molecule has 2 rings (SSSR count). The first-order valence-corrected chi connectivity index (χ1v) is 9.48. The van der Waals surface area contributed by atoms with E-state index >= 15 is 0 Å². The minimum Gasteiger partial charge on any atom is -0.398 e. The summed E-state index contributed by atoms with van der Waals surface area (Å²) < 4.78 is 41.6. The summed E-state index contributed by atoms with van der Waals surface area (Å²) in [6.07, 6.45) is -4.28. The summed E-state index contributed by atoms with van der Waals surface area (Å²) >= 11 is 0.992. The SMILES string of the molecule is CC(=O)NCCC(NC(=O)NSc1ccccc1N)c1cccc(C(F)(F)F)c1. The highest BCUT2D eigenvalue weighted by molar-refractivity contribution is 7.98. The molecule has 1 unspecified atom stereocenters. The highest BCUT2D eigenvalue weighted by Gasteiger charge is 2.31. The first kappa shape index (κ1) is 22.4. The van der Waals surface area contributed by atoms with Crippen LogP contribution in [-0.2, 0) is 11.0 Å². The van der Waals surface area contributed by atoms with E-state index in [-0.39, 0.29) is 24.4 Å². The van der Waals surface area contributed by atoms with Crippen LogP contribution in [0.25, 0.3) is 0 Å². The lowest BCUT2D eigenvalue weighted by Crippen LogP contribution is -2.36. The van der Waals surface area contributed by atoms with Gasteiger partial charge in [0.05, 0.1) is 16.5 Å². The fourth-order valence-electron chi connectivity index (χ4n) is 2.51. The van der Waals surface area contributed by atoms with Gasteiger partial charge in [-0.3, -0.25) is 9.52 Å². The number of alkyl halides is 3. The molecule has 10 heteroatoms. The third kappa shape index (κ3) is 7.22. The second-order valence-electron chi connectivity index (χ2n) is 6.16. The maximum Gasteiger partial charge on any atom is 0.416 e. The van der Waals surface area contributed by atoms with Crippen LogP contribution in [-0.4, -0.2) is 18.5 Å². The van der Waals surface area contributed by atoms with Gasteiger partial charge in [0, 0.05) is 19.2 Å². The van der Waals surface area contributed by atoms with Crippen molar-refractivity contribution in [2.75, 3.05) is 12.3 Å². The molecule has 2 aromatic rings. The molecule has 0 spiro atoms. The average Bonchev–Trinajstić information content (AvgIpc) is 2.66. The molecular weight excluding hydrogens is 405 g/mol. The maximum atomic E-state index is 13.0. The van der Waals surface area contributed by atoms with Crippen LogP contribution in [0, 0.1) is 0 Å². The van der Waals surface area contributed by atoms with Gasteiger partial charge >= 0.3 is 12.2 Å². The zero-order valence-corrected chi connectivity index (χ0v) is 16.4. The van der Waals surface area contributed by atoms with E-state index in [1.807, 2.05) is 0 Å². The molecule has 0 saturated carbocycles. The van der Waals surface area contributed by atoms with Crippen molar-refractivity contribution in [3.05, 3.63) is 59.7 Å². The number of amides is 3. The number of urea groups is 1. The van der Waals surface area contributed by atoms with Gasteiger partial charge in [0.25, 0.3) is 0 Å². The molecule has 0 radical (unpaired) electrons. The number of nitrogen functional groups attached to an aromatic ring is 1. The Kier molecular flexibility index (Phi) is 7.77. The molecular formula is C19H21F3N4O2S. The van der Waals surface area contributed by atoms with Crippen molar-refractivity contribution in [2.24, 2.45) is 0 Å². The summed E-state index contributed by atoms with van der Waals surface area (Å²) in [7, 11) is 0. The minimum atomic E-state index is -4.50. The van der Waals surface area contributed by atoms with Crippen LogP contribution < -0.4 is 21.1 Å². The summed E-state index contributed by atoms with van der Waals surface area (Å²) in [5.41, 5.74) is 5.77. The maximum absolute atomic E-state index is 13.0. The Balaban J connectivity index is 2.10. The molecule has 1 atom stereocenters. The van der Waals surface area contributed by atoms with E-state index in [1.165, 1.54) is 19.1 Å². The number of benzene rings is 2. The number of nitrogens with two attached hydrogens (primary N) is 1. The minimum absolute atomic E-state index is 0.190. The van der Waals surface area contributed by atoms with Crippen LogP contribution in [0.3, 0.4) is 0 Å². The van der Waals surface area contributed by atoms with Gasteiger partial charge in [0.1, 0.15) is 0 Å². The summed E-state index contributed by atoms with van der Waals surface area (Å²) in [6, 6.07) is 10.3. The van der Waals surface area contributed by atoms with Crippen LogP contribution in [0.15, 0.2) is 53.4 Å². The number of para-hydroxylation sites is 1. The Hall–Kier alpha value is -2.88. The Morgan fingerprint density at radius 3 is 2.52 bits per heavy atom. The Morgan fingerprint density at radius 2 is 1.86 bits per heavy atom. The Labute approximate surface area is 170 Å². The molecule has 0 saturated heterocycles. The van der Waals surface area contributed by atoms with Crippen LogP contribution in [0.1, 0.15) is 30.5 Å². The monoisotopic (exact) mass is 426 g/mol. The zero-order valence-electron chi connectivity index (χ0n) is 15.5. The van der Waals surface area contributed by atoms with Gasteiger partial charge in [-0.25, -0.2) is 4.79 Å². The molecule has 2 aromatic carbocycles. The lowest BCUT2D eigenvalue weighted by Gasteiger charge is -2.21. The third-order valence-electron chi connectivity index (χ3n) is 3.90. The molecule has 0 bridgehead atoms. The fraction of sp³-hybridized carbons (Fsp3) is 0.263. The van der Waals surface area contributed by atoms with Crippen LogP contribution >= 0.6 is 11.9 Å². The van der Waals surface area contributed by atoms with Gasteiger partial charge in [-0.15, -0.1) is 0 Å². The number of nitrogens with one attached hydrogen (secondary N) is 3. The lowest BCUT2D eigenvalue weighted by molar-refractivity contribution is -0.137. The largest absolute Gasteiger partial charge is 0.416 e. The van der Waals surface area contributed by atoms with E-state index in [0.29, 0.717) is 10.6 Å². The van der Waals surface area contributed by atoms with Gasteiger partial charge < -0.3 is 16.4 Å². The molecule has 29 heavy (non-hydrogen) atoms. The van der Waals surface area contributed by atoms with Crippen molar-refractivity contribution in [1.82, 2.24) is 15.4 Å². The van der Waals surface area contributed by atoms with Crippen molar-refractivity contribution in [1.29, 1.82) is 0 Å². The second-order valence-corrected chi connectivity index (χ2v) is 7.01. The van der Waals surface area contributed by atoms with E-state index in [1.54, 1.807) is 24.3 Å². The Morgan fingerprint density at radius 1 is 1.14 bits per heavy atom. The predicted molar refractivity (Wildman–Crippen MR) is 106 cm³/mol. The standard InChI is InChI=1S/C19H21F3N4O2S/c1-12(27)24-10-9-16(13-5-4-6-14(11-13)19(20,21)22)25-18(28)26-29-17-8-3-2-7-15(17)23/h2-8,11,16H,9-10,23H2,1H3,(H,24,27)(H2,25,26,28). The highest BCUT2D eigenvalue weighted by Crippen LogP contribution is 2.31. The van der Waals surface area contributed by atoms with Crippen molar-refractivity contribution in [2.45, 2.75) is 30.5 Å². The first-order valence-electron chi connectivity index (χ1n) is 8.66. The van der Waals surface area contributed by atoms with Crippen molar-refractivity contribution >= 4 is 29.6 Å². The van der Waals surface area contributed by atoms with Gasteiger partial charge in [0.2, 0.25) is 5.91 Å². The smallest absolute Gasteiger partial charge is 0.398 e. The summed E-state index contributed by atoms with van der Waals surface area (Å²) in [4.78, 5) is 24.0. The van der Waals surface area contributed by atoms with Crippen molar-refractivity contribution in [3.8, 4) is 0 Å². The molecule has 0 fully saturated rings. The molecule has 0 aliphatic carbocycles. The van der Waals surface area contributed by atoms with E-state index in [2.05, 4.69) is 15.4 Å². The number of anilines is 1. The number of hydrogen-bond acceptors (Lipinski definition) is 4. The highest BCUT2D eigenvalue weighted by atomic mass is 32.2. The summed E-state index contributed by atoms with van der Waals surface area (Å²) in [6.45, 7) is 1.52. The number of rotatable bonds is 7. The van der Waals surface area contributed by atoms with E-state index in [9.17, 15) is 22.8 Å². The molecule has 0 aliphatic heterocycles. The summed E-state index contributed by atoms with van der Waals surface area (Å²) in [5.74, 6) is -0.271. The van der Waals surface area contributed by atoms with Crippen LogP contribution in [0.2, 0.25) is 0 Å². The van der Waals surface area contributed by atoms with Gasteiger partial charge in [-0.05, 0) is 48.2 Å². The van der Waals surface area contributed by atoms with E-state index < -0.39 is 23.8 Å². The van der Waals surface area contributed by atoms with E-state index in [4.69, 9.17) is 5.73 Å². The topological polar surface area (TPSA) is 96.2 Å². The van der Waals surface area contributed by atoms with Gasteiger partial charge in [-0.2, -0.15) is 13.2 Å². The van der Waals surface area contributed by atoms with Crippen molar-refractivity contribution < 1.29 is 22.8 Å². The molecule has 5 N–H and O–H groups in total. The first-order chi connectivity index (χ1) is 13.7. The lowest BCUT2D eigenvalue weighted by atomic mass is 10.0. The van der Waals surface area contributed by atoms with Crippen LogP contribution in [0.5, 0.6) is 0 Å². The fourth-order valence-corrected chi connectivity index (χ4v) is 3.10. The zero-order chi connectivity index (χ0) is 21.4. The molecule has 0 aromatic heterocycles. The Bertz CT molecular complexity index is 861. The molecule has 0 heterocycles. The molecule has 0 aliphatic rings. The molecule has 3 amide bonds. The average molecular weight is 426 g/mol. The van der Waals surface area contributed by atoms with E-state index in [0.717, 1.165) is 24.1 Å². The number of halogens is 3. The third-order valence-corrected chi connectivity index (χ3v) is 4.78. The van der Waals surface area contributed by atoms with Gasteiger partial charge in [0.15, 0.2) is 0 Å². The second kappa shape index (κ2) is 10.1. The normalized spacial score (nSPS) is 12.1. The molecule has 156 valence electrons. The van der Waals surface area contributed by atoms with Crippen molar-refractivity contribution in [3.63, 3.8) is 0 Å². The van der Waals surface area contributed by atoms with Crippen LogP contribution in [0.4, 0.5) is 23.7 Å². The quantitative estimate of drug-likeness (QED) is 0.399. The summed E-state index contributed by atoms with van der Waals surface area (Å²) in [5, 5.41) is 5.22. The van der Waals surface area contributed by atoms with Gasteiger partial charge in [-0.1, -0.05) is 24.3 Å².